The lowest BCUT2D eigenvalue weighted by Crippen LogP contribution is -2.00. The molecule has 0 bridgehead atoms. The predicted molar refractivity (Wildman–Crippen MR) is 97.2 cm³/mol. The first-order valence-electron chi connectivity index (χ1n) is 7.48. The molecule has 0 heterocycles. The molecule has 0 atom stereocenters. The maximum absolute atomic E-state index is 6.18. The van der Waals surface area contributed by atoms with Gasteiger partial charge in [0.25, 0.3) is 0 Å². The monoisotopic (exact) mass is 346 g/mol. The average molecular weight is 347 g/mol. The van der Waals surface area contributed by atoms with Crippen LogP contribution in [0.4, 0.5) is 0 Å². The van der Waals surface area contributed by atoms with Crippen LogP contribution in [0, 0.1) is 0 Å². The Balaban J connectivity index is 2.65. The number of fused-ring (bicyclic) bond motifs is 3. The van der Waals surface area contributed by atoms with Gasteiger partial charge in [-0.1, -0.05) is 24.3 Å². The summed E-state index contributed by atoms with van der Waals surface area (Å²) < 4.78 is 22.4. The van der Waals surface area contributed by atoms with Gasteiger partial charge in [-0.3, -0.25) is 0 Å². The first-order chi connectivity index (χ1) is 11.7. The molecule has 0 saturated heterocycles. The molecule has 0 unspecified atom stereocenters. The molecule has 126 valence electrons. The Hall–Kier alpha value is -2.33. The number of halogens is 1. The van der Waals surface area contributed by atoms with Gasteiger partial charge in [0.05, 0.1) is 28.4 Å². The van der Waals surface area contributed by atoms with Crippen molar-refractivity contribution in [3.8, 4) is 23.0 Å². The van der Waals surface area contributed by atoms with Gasteiger partial charge in [0, 0.05) is 16.7 Å². The third-order valence-corrected chi connectivity index (χ3v) is 4.47. The van der Waals surface area contributed by atoms with E-state index in [-0.39, 0.29) is 0 Å². The van der Waals surface area contributed by atoms with Gasteiger partial charge in [0.15, 0.2) is 11.5 Å². The first-order valence-corrected chi connectivity index (χ1v) is 8.01. The summed E-state index contributed by atoms with van der Waals surface area (Å²) in [6.45, 7) is 0. The van der Waals surface area contributed by atoms with Gasteiger partial charge in [-0.2, -0.15) is 0 Å². The summed E-state index contributed by atoms with van der Waals surface area (Å²) in [6, 6.07) is 10.1. The van der Waals surface area contributed by atoms with E-state index in [1.165, 1.54) is 0 Å². The fraction of sp³-hybridized carbons (Fsp3) is 0.263. The quantitative estimate of drug-likeness (QED) is 0.492. The van der Waals surface area contributed by atoms with Gasteiger partial charge in [0.1, 0.15) is 0 Å². The molecule has 0 spiro atoms. The first kappa shape index (κ1) is 16.5. The van der Waals surface area contributed by atoms with Crippen LogP contribution < -0.4 is 18.9 Å². The van der Waals surface area contributed by atoms with E-state index in [1.54, 1.807) is 28.4 Å². The van der Waals surface area contributed by atoms with Gasteiger partial charge in [-0.15, -0.1) is 11.6 Å². The smallest absolute Gasteiger partial charge is 0.207 e. The minimum absolute atomic E-state index is 0.399. The Morgan fingerprint density at radius 1 is 0.708 bits per heavy atom. The largest absolute Gasteiger partial charge is 0.492 e. The molecule has 4 nitrogen and oxygen atoms in total. The summed E-state index contributed by atoms with van der Waals surface area (Å²) >= 11 is 6.18. The highest BCUT2D eigenvalue weighted by atomic mass is 35.5. The highest BCUT2D eigenvalue weighted by Crippen LogP contribution is 2.53. The van der Waals surface area contributed by atoms with Crippen molar-refractivity contribution in [2.45, 2.75) is 5.88 Å². The van der Waals surface area contributed by atoms with Crippen molar-refractivity contribution in [2.75, 3.05) is 28.4 Å². The van der Waals surface area contributed by atoms with Gasteiger partial charge < -0.3 is 18.9 Å². The number of ether oxygens (including phenoxy) is 4. The fourth-order valence-electron chi connectivity index (χ4n) is 3.19. The van der Waals surface area contributed by atoms with Crippen molar-refractivity contribution in [1.82, 2.24) is 0 Å². The maximum atomic E-state index is 6.18. The zero-order valence-electron chi connectivity index (χ0n) is 14.1. The van der Waals surface area contributed by atoms with Crippen LogP contribution in [0.3, 0.4) is 0 Å². The average Bonchev–Trinajstić information content (AvgIpc) is 2.64. The standard InChI is InChI=1S/C19H19ClO4/c1-21-16-14-9-11(10-20)12-7-5-6-8-13(12)15(14)17(22-2)19(24-4)18(16)23-3/h5-9H,10H2,1-4H3. The maximum Gasteiger partial charge on any atom is 0.207 e. The summed E-state index contributed by atoms with van der Waals surface area (Å²) in [6.07, 6.45) is 0. The van der Waals surface area contributed by atoms with Crippen LogP contribution in [0.5, 0.6) is 23.0 Å². The lowest BCUT2D eigenvalue weighted by atomic mass is 9.96. The van der Waals surface area contributed by atoms with E-state index < -0.39 is 0 Å². The summed E-state index contributed by atoms with van der Waals surface area (Å²) in [7, 11) is 6.39. The van der Waals surface area contributed by atoms with Crippen molar-refractivity contribution in [1.29, 1.82) is 0 Å². The molecule has 0 aliphatic heterocycles. The lowest BCUT2D eigenvalue weighted by Gasteiger charge is -2.20. The number of hydrogen-bond donors (Lipinski definition) is 0. The molecule has 0 aromatic heterocycles. The van der Waals surface area contributed by atoms with E-state index in [1.807, 2.05) is 24.3 Å². The molecular formula is C19H19ClO4. The Morgan fingerprint density at radius 3 is 1.79 bits per heavy atom. The molecule has 0 aliphatic carbocycles. The Bertz CT molecular complexity index is 905. The van der Waals surface area contributed by atoms with Crippen LogP contribution in [-0.2, 0) is 5.88 Å². The van der Waals surface area contributed by atoms with E-state index in [2.05, 4.69) is 6.07 Å². The molecule has 3 rings (SSSR count). The number of alkyl halides is 1. The summed E-state index contributed by atoms with van der Waals surface area (Å²) in [5.41, 5.74) is 1.02. The zero-order chi connectivity index (χ0) is 17.3. The van der Waals surface area contributed by atoms with Gasteiger partial charge >= 0.3 is 0 Å². The molecule has 0 radical (unpaired) electrons. The number of methoxy groups -OCH3 is 4. The molecule has 0 amide bonds. The Labute approximate surface area is 145 Å². The predicted octanol–water partition coefficient (Wildman–Crippen LogP) is 4.77. The van der Waals surface area contributed by atoms with Crippen molar-refractivity contribution in [3.05, 3.63) is 35.9 Å². The third kappa shape index (κ3) is 2.29. The normalized spacial score (nSPS) is 10.9. The van der Waals surface area contributed by atoms with Crippen molar-refractivity contribution in [2.24, 2.45) is 0 Å². The summed E-state index contributed by atoms with van der Waals surface area (Å²) in [5, 5.41) is 3.90. The molecule has 0 N–H and O–H groups in total. The second kappa shape index (κ2) is 6.65. The molecule has 5 heteroatoms. The van der Waals surface area contributed by atoms with E-state index in [0.717, 1.165) is 27.1 Å². The van der Waals surface area contributed by atoms with Gasteiger partial charge in [0.2, 0.25) is 11.5 Å². The van der Waals surface area contributed by atoms with Crippen LogP contribution in [0.1, 0.15) is 5.56 Å². The van der Waals surface area contributed by atoms with E-state index >= 15 is 0 Å². The molecule has 0 saturated carbocycles. The highest BCUT2D eigenvalue weighted by molar-refractivity contribution is 6.21. The van der Waals surface area contributed by atoms with Gasteiger partial charge in [-0.25, -0.2) is 0 Å². The van der Waals surface area contributed by atoms with E-state index in [0.29, 0.717) is 28.9 Å². The topological polar surface area (TPSA) is 36.9 Å². The molecule has 24 heavy (non-hydrogen) atoms. The molecule has 0 aliphatic rings. The van der Waals surface area contributed by atoms with E-state index in [4.69, 9.17) is 30.5 Å². The van der Waals surface area contributed by atoms with Crippen molar-refractivity contribution >= 4 is 33.1 Å². The molecule has 3 aromatic carbocycles. The van der Waals surface area contributed by atoms with Gasteiger partial charge in [-0.05, 0) is 22.4 Å². The molecular weight excluding hydrogens is 328 g/mol. The molecule has 3 aromatic rings. The second-order valence-corrected chi connectivity index (χ2v) is 5.54. The summed E-state index contributed by atoms with van der Waals surface area (Å²) in [5.74, 6) is 2.62. The number of benzene rings is 3. The zero-order valence-corrected chi connectivity index (χ0v) is 14.9. The molecule has 0 fully saturated rings. The van der Waals surface area contributed by atoms with E-state index in [9.17, 15) is 0 Å². The minimum atomic E-state index is 0.399. The highest BCUT2D eigenvalue weighted by Gasteiger charge is 2.25. The van der Waals surface area contributed by atoms with Crippen molar-refractivity contribution < 1.29 is 18.9 Å². The number of rotatable bonds is 5. The third-order valence-electron chi connectivity index (χ3n) is 4.18. The Morgan fingerprint density at radius 2 is 1.25 bits per heavy atom. The summed E-state index contributed by atoms with van der Waals surface area (Å²) in [4.78, 5) is 0. The van der Waals surface area contributed by atoms with Crippen LogP contribution in [0.2, 0.25) is 0 Å². The lowest BCUT2D eigenvalue weighted by molar-refractivity contribution is 0.310. The number of hydrogen-bond acceptors (Lipinski definition) is 4. The van der Waals surface area contributed by atoms with Crippen molar-refractivity contribution in [3.63, 3.8) is 0 Å². The Kier molecular flexibility index (Phi) is 4.58. The minimum Gasteiger partial charge on any atom is -0.492 e. The second-order valence-electron chi connectivity index (χ2n) is 5.27. The van der Waals surface area contributed by atoms with Crippen LogP contribution >= 0.6 is 11.6 Å². The van der Waals surface area contributed by atoms with Crippen LogP contribution in [0.25, 0.3) is 21.5 Å². The van der Waals surface area contributed by atoms with Crippen LogP contribution in [-0.4, -0.2) is 28.4 Å². The SMILES string of the molecule is COc1c(OC)c(OC)c2c(cc(CCl)c3ccccc32)c1OC. The fourth-order valence-corrected chi connectivity index (χ4v) is 3.42. The van der Waals surface area contributed by atoms with Crippen LogP contribution in [0.15, 0.2) is 30.3 Å².